The van der Waals surface area contributed by atoms with Crippen LogP contribution in [0.15, 0.2) is 127 Å². The Hall–Kier alpha value is -4.78. The number of hydrogen-bond donors (Lipinski definition) is 3. The van der Waals surface area contributed by atoms with Crippen molar-refractivity contribution in [3.8, 4) is 34.5 Å². The highest BCUT2D eigenvalue weighted by atomic mass is 35.5. The van der Waals surface area contributed by atoms with E-state index in [1.165, 1.54) is 0 Å². The topological polar surface area (TPSA) is 123 Å². The van der Waals surface area contributed by atoms with Crippen molar-refractivity contribution in [2.45, 2.75) is 0 Å². The molecule has 0 amide bonds. The molecule has 0 aliphatic carbocycles. The number of halogens is 3. The lowest BCUT2D eigenvalue weighted by Gasteiger charge is -2.21. The van der Waals surface area contributed by atoms with Crippen LogP contribution in [-0.4, -0.2) is 0 Å². The number of ether oxygens (including phenoxy) is 3. The van der Waals surface area contributed by atoms with E-state index in [0.29, 0.717) is 82.5 Å². The Kier molecular flexibility index (Phi) is 9.26. The Balaban J connectivity index is 1.35. The number of nitrogen functional groups attached to an aromatic ring is 3. The van der Waals surface area contributed by atoms with Gasteiger partial charge in [-0.1, -0.05) is 34.8 Å². The average molecular weight is 703 g/mol. The van der Waals surface area contributed by atoms with Crippen molar-refractivity contribution in [1.82, 2.24) is 0 Å². The van der Waals surface area contributed by atoms with E-state index < -0.39 is 7.14 Å². The number of nitrogens with two attached hydrogens (primary N) is 3. The molecule has 6 aromatic carbocycles. The summed E-state index contributed by atoms with van der Waals surface area (Å²) in [6, 6.07) is 36.0. The van der Waals surface area contributed by atoms with Crippen LogP contribution in [0.4, 0.5) is 17.1 Å². The van der Waals surface area contributed by atoms with Crippen LogP contribution in [0.1, 0.15) is 0 Å². The molecular weight excluding hydrogens is 676 g/mol. The highest BCUT2D eigenvalue weighted by Gasteiger charge is 2.30. The Labute approximate surface area is 286 Å². The minimum absolute atomic E-state index is 0.411. The Bertz CT molecular complexity index is 1870. The second kappa shape index (κ2) is 13.5. The normalized spacial score (nSPS) is 11.2. The van der Waals surface area contributed by atoms with Gasteiger partial charge in [0.05, 0.1) is 15.1 Å². The van der Waals surface area contributed by atoms with E-state index in [4.69, 9.17) is 66.2 Å². The average Bonchev–Trinajstić information content (AvgIpc) is 3.07. The van der Waals surface area contributed by atoms with Crippen LogP contribution in [0.25, 0.3) is 0 Å². The van der Waals surface area contributed by atoms with Crippen LogP contribution in [-0.2, 0) is 4.57 Å². The van der Waals surface area contributed by atoms with Gasteiger partial charge in [0.15, 0.2) is 7.14 Å². The Morgan fingerprint density at radius 3 is 0.915 bits per heavy atom. The monoisotopic (exact) mass is 701 g/mol. The van der Waals surface area contributed by atoms with E-state index in [1.54, 1.807) is 127 Å². The quantitative estimate of drug-likeness (QED) is 0.101. The van der Waals surface area contributed by atoms with Gasteiger partial charge in [-0.25, -0.2) is 0 Å². The first kappa shape index (κ1) is 32.2. The van der Waals surface area contributed by atoms with Gasteiger partial charge in [-0.15, -0.1) is 0 Å². The summed E-state index contributed by atoms with van der Waals surface area (Å²) in [6.45, 7) is 0. The zero-order valence-electron chi connectivity index (χ0n) is 24.6. The SMILES string of the molecule is Nc1ccc(Cl)c(Oc2ccc(P(=O)(c3ccc(Oc4cc(N)ccc4Cl)cc3)c3ccc(Oc4cc(N)ccc4Cl)cc3)cc2)c1. The summed E-state index contributed by atoms with van der Waals surface area (Å²) < 4.78 is 33.2. The first-order chi connectivity index (χ1) is 22.6. The minimum Gasteiger partial charge on any atom is -0.456 e. The van der Waals surface area contributed by atoms with E-state index in [1.807, 2.05) is 0 Å². The zero-order chi connectivity index (χ0) is 33.1. The molecule has 6 rings (SSSR count). The summed E-state index contributed by atoms with van der Waals surface area (Å²) in [5, 5.41) is 2.96. The maximum atomic E-state index is 15.3. The van der Waals surface area contributed by atoms with Gasteiger partial charge < -0.3 is 36.0 Å². The van der Waals surface area contributed by atoms with E-state index in [2.05, 4.69) is 0 Å². The summed E-state index contributed by atoms with van der Waals surface area (Å²) >= 11 is 18.9. The minimum atomic E-state index is -3.44. The standard InChI is InChI=1S/C36H27Cl3N3O4P/c37-31-16-1-22(40)19-34(31)44-25-4-10-28(11-5-25)47(43,29-12-6-26(7-13-29)45-35-20-23(41)2-17-32(35)38)30-14-8-27(9-15-30)46-36-21-24(42)3-18-33(36)39/h1-21H,40-42H2. The van der Waals surface area contributed by atoms with Crippen molar-refractivity contribution in [3.63, 3.8) is 0 Å². The Morgan fingerprint density at radius 1 is 0.404 bits per heavy atom. The number of anilines is 3. The summed E-state index contributed by atoms with van der Waals surface area (Å²) in [5.41, 5.74) is 19.3. The summed E-state index contributed by atoms with van der Waals surface area (Å²) in [6.07, 6.45) is 0. The van der Waals surface area contributed by atoms with E-state index in [9.17, 15) is 0 Å². The van der Waals surface area contributed by atoms with Crippen molar-refractivity contribution in [2.75, 3.05) is 17.2 Å². The molecule has 6 N–H and O–H groups in total. The maximum absolute atomic E-state index is 15.3. The molecular formula is C36H27Cl3N3O4P. The second-order valence-corrected chi connectivity index (χ2v) is 14.5. The first-order valence-corrected chi connectivity index (χ1v) is 17.0. The molecule has 0 aliphatic rings. The predicted octanol–water partition coefficient (Wildman–Crippen LogP) is 9.41. The fourth-order valence-corrected chi connectivity index (χ4v) is 7.86. The molecule has 0 bridgehead atoms. The molecule has 0 aromatic heterocycles. The molecule has 0 unspecified atom stereocenters. The lowest BCUT2D eigenvalue weighted by molar-refractivity contribution is 0.483. The third-order valence-corrected chi connectivity index (χ3v) is 11.2. The van der Waals surface area contributed by atoms with Crippen LogP contribution >= 0.6 is 41.9 Å². The predicted molar refractivity (Wildman–Crippen MR) is 194 cm³/mol. The van der Waals surface area contributed by atoms with Crippen molar-refractivity contribution >= 4 is 74.9 Å². The molecule has 0 heterocycles. The zero-order valence-corrected chi connectivity index (χ0v) is 27.7. The van der Waals surface area contributed by atoms with E-state index in [-0.39, 0.29) is 0 Å². The molecule has 6 aromatic rings. The van der Waals surface area contributed by atoms with E-state index >= 15 is 4.57 Å². The summed E-state index contributed by atoms with van der Waals surface area (Å²) in [5.74, 6) is 2.73. The van der Waals surface area contributed by atoms with Gasteiger partial charge in [0.1, 0.15) is 34.5 Å². The van der Waals surface area contributed by atoms with Gasteiger partial charge in [0.25, 0.3) is 0 Å². The van der Waals surface area contributed by atoms with Crippen LogP contribution in [0.3, 0.4) is 0 Å². The maximum Gasteiger partial charge on any atom is 0.171 e. The molecule has 47 heavy (non-hydrogen) atoms. The fraction of sp³-hybridized carbons (Fsp3) is 0. The number of benzene rings is 6. The fourth-order valence-electron chi connectivity index (χ4n) is 4.79. The van der Waals surface area contributed by atoms with Crippen LogP contribution in [0.5, 0.6) is 34.5 Å². The molecule has 0 saturated carbocycles. The van der Waals surface area contributed by atoms with Gasteiger partial charge in [-0.2, -0.15) is 0 Å². The molecule has 0 atom stereocenters. The van der Waals surface area contributed by atoms with Gasteiger partial charge in [-0.3, -0.25) is 0 Å². The van der Waals surface area contributed by atoms with Crippen LogP contribution in [0, 0.1) is 0 Å². The molecule has 11 heteroatoms. The van der Waals surface area contributed by atoms with Gasteiger partial charge in [-0.05, 0) is 109 Å². The largest absolute Gasteiger partial charge is 0.456 e. The van der Waals surface area contributed by atoms with Crippen molar-refractivity contribution in [1.29, 1.82) is 0 Å². The van der Waals surface area contributed by atoms with Crippen molar-refractivity contribution in [3.05, 3.63) is 142 Å². The highest BCUT2D eigenvalue weighted by Crippen LogP contribution is 2.44. The van der Waals surface area contributed by atoms with Crippen molar-refractivity contribution in [2.24, 2.45) is 0 Å². The molecule has 0 aliphatic heterocycles. The third kappa shape index (κ3) is 7.14. The first-order valence-electron chi connectivity index (χ1n) is 14.2. The van der Waals surface area contributed by atoms with Gasteiger partial charge >= 0.3 is 0 Å². The molecule has 236 valence electrons. The molecule has 0 radical (unpaired) electrons. The number of hydrogen-bond acceptors (Lipinski definition) is 7. The molecule has 0 fully saturated rings. The summed E-state index contributed by atoms with van der Waals surface area (Å²) in [7, 11) is -3.44. The van der Waals surface area contributed by atoms with E-state index in [0.717, 1.165) is 0 Å². The Morgan fingerprint density at radius 2 is 0.660 bits per heavy atom. The van der Waals surface area contributed by atoms with Gasteiger partial charge in [0.2, 0.25) is 0 Å². The van der Waals surface area contributed by atoms with Crippen LogP contribution < -0.4 is 47.3 Å². The smallest absolute Gasteiger partial charge is 0.171 e. The summed E-state index contributed by atoms with van der Waals surface area (Å²) in [4.78, 5) is 0. The molecule has 0 saturated heterocycles. The lowest BCUT2D eigenvalue weighted by atomic mass is 10.3. The van der Waals surface area contributed by atoms with Gasteiger partial charge in [0, 0.05) is 51.2 Å². The molecule has 7 nitrogen and oxygen atoms in total. The van der Waals surface area contributed by atoms with Crippen LogP contribution in [0.2, 0.25) is 15.1 Å². The molecule has 0 spiro atoms. The lowest BCUT2D eigenvalue weighted by Crippen LogP contribution is -2.25. The second-order valence-electron chi connectivity index (χ2n) is 10.5. The highest BCUT2D eigenvalue weighted by molar-refractivity contribution is 7.85. The third-order valence-electron chi connectivity index (χ3n) is 7.15. The number of rotatable bonds is 9. The van der Waals surface area contributed by atoms with Crippen molar-refractivity contribution < 1.29 is 18.8 Å².